The van der Waals surface area contributed by atoms with Gasteiger partial charge in [0.05, 0.1) is 11.1 Å². The molecule has 27 heavy (non-hydrogen) atoms. The van der Waals surface area contributed by atoms with Gasteiger partial charge >= 0.3 is 0 Å². The Morgan fingerprint density at radius 1 is 1.33 bits per heavy atom. The zero-order chi connectivity index (χ0) is 18.8. The molecule has 0 aliphatic carbocycles. The molecule has 0 aliphatic heterocycles. The van der Waals surface area contributed by atoms with Crippen molar-refractivity contribution < 1.29 is 9.32 Å². The first kappa shape index (κ1) is 17.5. The summed E-state index contributed by atoms with van der Waals surface area (Å²) < 4.78 is 4.90. The number of amides is 1. The Morgan fingerprint density at radius 3 is 2.89 bits per heavy atom. The molecule has 0 atom stereocenters. The van der Waals surface area contributed by atoms with Gasteiger partial charge in [-0.1, -0.05) is 47.3 Å². The van der Waals surface area contributed by atoms with E-state index in [4.69, 9.17) is 4.52 Å². The largest absolute Gasteiger partial charge is 0.360 e. The van der Waals surface area contributed by atoms with Crippen LogP contribution in [-0.4, -0.2) is 26.8 Å². The fraction of sp³-hybridized carbons (Fsp3) is 0.111. The fourth-order valence-corrected chi connectivity index (χ4v) is 4.23. The van der Waals surface area contributed by atoms with Gasteiger partial charge in [-0.3, -0.25) is 9.59 Å². The molecule has 0 aliphatic rings. The SMILES string of the molecule is Cc1cc(NC(=O)CSc2nc3scc(-c4ccccc4)c3c(=O)[nH]2)no1. The summed E-state index contributed by atoms with van der Waals surface area (Å²) in [6, 6.07) is 11.3. The molecular weight excluding hydrogens is 384 g/mol. The van der Waals surface area contributed by atoms with Gasteiger partial charge in [-0.05, 0) is 12.5 Å². The number of hydrogen-bond donors (Lipinski definition) is 2. The first-order valence-corrected chi connectivity index (χ1v) is 9.89. The van der Waals surface area contributed by atoms with Gasteiger partial charge in [0.15, 0.2) is 11.0 Å². The summed E-state index contributed by atoms with van der Waals surface area (Å²) in [7, 11) is 0. The van der Waals surface area contributed by atoms with E-state index < -0.39 is 0 Å². The number of hydrogen-bond acceptors (Lipinski definition) is 7. The number of nitrogens with zero attached hydrogens (tertiary/aromatic N) is 2. The summed E-state index contributed by atoms with van der Waals surface area (Å²) in [6.45, 7) is 1.74. The van der Waals surface area contributed by atoms with E-state index in [1.165, 1.54) is 11.3 Å². The van der Waals surface area contributed by atoms with E-state index in [-0.39, 0.29) is 17.2 Å². The molecule has 2 N–H and O–H groups in total. The summed E-state index contributed by atoms with van der Waals surface area (Å²) in [5.74, 6) is 0.811. The monoisotopic (exact) mass is 398 g/mol. The summed E-state index contributed by atoms with van der Waals surface area (Å²) >= 11 is 2.57. The maximum atomic E-state index is 12.6. The van der Waals surface area contributed by atoms with E-state index in [0.29, 0.717) is 27.0 Å². The molecule has 0 saturated carbocycles. The van der Waals surface area contributed by atoms with Crippen LogP contribution in [0.5, 0.6) is 0 Å². The first-order chi connectivity index (χ1) is 13.1. The minimum atomic E-state index is -0.257. The van der Waals surface area contributed by atoms with Crippen LogP contribution in [0.3, 0.4) is 0 Å². The van der Waals surface area contributed by atoms with Crippen molar-refractivity contribution in [3.8, 4) is 11.1 Å². The number of carbonyl (C=O) groups is 1. The third kappa shape index (κ3) is 3.79. The molecule has 9 heteroatoms. The maximum absolute atomic E-state index is 12.6. The van der Waals surface area contributed by atoms with Crippen LogP contribution in [0.4, 0.5) is 5.82 Å². The number of nitrogens with one attached hydrogen (secondary N) is 2. The number of rotatable bonds is 5. The topological polar surface area (TPSA) is 101 Å². The molecule has 0 bridgehead atoms. The number of benzene rings is 1. The zero-order valence-electron chi connectivity index (χ0n) is 14.2. The van der Waals surface area contributed by atoms with Crippen molar-refractivity contribution in [3.05, 3.63) is 57.9 Å². The van der Waals surface area contributed by atoms with Crippen LogP contribution in [0.2, 0.25) is 0 Å². The second-order valence-corrected chi connectivity index (χ2v) is 7.55. The average Bonchev–Trinajstić information content (AvgIpc) is 3.27. The number of aryl methyl sites for hydroxylation is 1. The third-order valence-electron chi connectivity index (χ3n) is 3.74. The summed E-state index contributed by atoms with van der Waals surface area (Å²) in [5, 5.41) is 9.24. The van der Waals surface area contributed by atoms with Gasteiger partial charge in [0, 0.05) is 17.0 Å². The van der Waals surface area contributed by atoms with Crippen molar-refractivity contribution in [2.24, 2.45) is 0 Å². The highest BCUT2D eigenvalue weighted by Gasteiger charge is 2.14. The van der Waals surface area contributed by atoms with Crippen molar-refractivity contribution in [1.82, 2.24) is 15.1 Å². The van der Waals surface area contributed by atoms with Crippen LogP contribution in [-0.2, 0) is 4.79 Å². The molecule has 0 fully saturated rings. The molecule has 7 nitrogen and oxygen atoms in total. The Morgan fingerprint density at radius 2 is 2.15 bits per heavy atom. The smallest absolute Gasteiger partial charge is 0.260 e. The lowest BCUT2D eigenvalue weighted by molar-refractivity contribution is -0.113. The van der Waals surface area contributed by atoms with Crippen molar-refractivity contribution in [2.45, 2.75) is 12.1 Å². The predicted molar refractivity (Wildman–Crippen MR) is 106 cm³/mol. The van der Waals surface area contributed by atoms with E-state index in [2.05, 4.69) is 20.4 Å². The maximum Gasteiger partial charge on any atom is 0.260 e. The van der Waals surface area contributed by atoms with E-state index in [0.717, 1.165) is 22.9 Å². The number of carbonyl (C=O) groups excluding carboxylic acids is 1. The molecule has 0 saturated heterocycles. The predicted octanol–water partition coefficient (Wildman–Crippen LogP) is 3.68. The van der Waals surface area contributed by atoms with Gasteiger partial charge in [-0.15, -0.1) is 11.3 Å². The molecule has 0 unspecified atom stereocenters. The Labute approximate surface area is 161 Å². The zero-order valence-corrected chi connectivity index (χ0v) is 15.8. The van der Waals surface area contributed by atoms with Gasteiger partial charge in [-0.25, -0.2) is 4.98 Å². The van der Waals surface area contributed by atoms with Gasteiger partial charge in [0.2, 0.25) is 5.91 Å². The Bertz CT molecular complexity index is 1160. The quantitative estimate of drug-likeness (QED) is 0.393. The molecular formula is C18H14N4O3S2. The minimum Gasteiger partial charge on any atom is -0.360 e. The average molecular weight is 398 g/mol. The van der Waals surface area contributed by atoms with Crippen LogP contribution in [0.1, 0.15) is 5.76 Å². The lowest BCUT2D eigenvalue weighted by Crippen LogP contribution is -2.15. The van der Waals surface area contributed by atoms with Gasteiger partial charge in [-0.2, -0.15) is 0 Å². The molecule has 1 amide bonds. The van der Waals surface area contributed by atoms with Gasteiger partial charge < -0.3 is 14.8 Å². The Hall–Kier alpha value is -2.91. The summed E-state index contributed by atoms with van der Waals surface area (Å²) in [6.07, 6.45) is 0. The minimum absolute atomic E-state index is 0.0945. The van der Waals surface area contributed by atoms with Crippen LogP contribution in [0, 0.1) is 6.92 Å². The number of thioether (sulfide) groups is 1. The normalized spacial score (nSPS) is 11.0. The highest BCUT2D eigenvalue weighted by atomic mass is 32.2. The van der Waals surface area contributed by atoms with E-state index in [1.807, 2.05) is 35.7 Å². The number of aromatic nitrogens is 3. The molecule has 0 spiro atoms. The van der Waals surface area contributed by atoms with Crippen LogP contribution in [0.25, 0.3) is 21.3 Å². The van der Waals surface area contributed by atoms with Crippen molar-refractivity contribution >= 4 is 45.0 Å². The molecule has 4 aromatic rings. The number of fused-ring (bicyclic) bond motifs is 1. The van der Waals surface area contributed by atoms with Crippen LogP contribution < -0.4 is 10.9 Å². The molecule has 3 aromatic heterocycles. The van der Waals surface area contributed by atoms with E-state index >= 15 is 0 Å². The second kappa shape index (κ2) is 7.37. The van der Waals surface area contributed by atoms with Gasteiger partial charge in [0.1, 0.15) is 10.6 Å². The van der Waals surface area contributed by atoms with Crippen LogP contribution in [0.15, 0.2) is 56.3 Å². The third-order valence-corrected chi connectivity index (χ3v) is 5.49. The standard InChI is InChI=1S/C18H14N4O3S2/c1-10-7-13(22-25-10)19-14(23)9-27-18-20-16(24)15-12(8-26-17(15)21-18)11-5-3-2-4-6-11/h2-8H,9H2,1H3,(H,19,22,23)(H,20,21,24). The van der Waals surface area contributed by atoms with Gasteiger partial charge in [0.25, 0.3) is 5.56 Å². The second-order valence-electron chi connectivity index (χ2n) is 5.73. The molecule has 3 heterocycles. The first-order valence-electron chi connectivity index (χ1n) is 8.03. The van der Waals surface area contributed by atoms with Crippen molar-refractivity contribution in [1.29, 1.82) is 0 Å². The fourth-order valence-electron chi connectivity index (χ4n) is 2.57. The van der Waals surface area contributed by atoms with Crippen molar-refractivity contribution in [2.75, 3.05) is 11.1 Å². The number of aromatic amines is 1. The van der Waals surface area contributed by atoms with E-state index in [1.54, 1.807) is 13.0 Å². The van der Waals surface area contributed by atoms with E-state index in [9.17, 15) is 9.59 Å². The molecule has 1 aromatic carbocycles. The van der Waals surface area contributed by atoms with Crippen LogP contribution >= 0.6 is 23.1 Å². The Kier molecular flexibility index (Phi) is 4.78. The summed E-state index contributed by atoms with van der Waals surface area (Å²) in [5.41, 5.74) is 1.62. The molecule has 4 rings (SSSR count). The Balaban J connectivity index is 1.52. The number of anilines is 1. The molecule has 0 radical (unpaired) electrons. The lowest BCUT2D eigenvalue weighted by atomic mass is 10.1. The highest BCUT2D eigenvalue weighted by molar-refractivity contribution is 7.99. The molecule has 136 valence electrons. The highest BCUT2D eigenvalue weighted by Crippen LogP contribution is 2.31. The number of H-pyrrole nitrogens is 1. The summed E-state index contributed by atoms with van der Waals surface area (Å²) in [4.78, 5) is 32.5. The van der Waals surface area contributed by atoms with Crippen molar-refractivity contribution in [3.63, 3.8) is 0 Å². The number of thiophene rings is 1. The lowest BCUT2D eigenvalue weighted by Gasteiger charge is -2.02.